The SMILES string of the molecule is CCCCC(C)N=CCC(C)C(C)C(CC)C(CC)C1C=C=CC(C)C=CC1. The molecule has 0 aromatic rings. The average Bonchev–Trinajstić information content (AvgIpc) is 2.66. The molecule has 1 heteroatoms. The van der Waals surface area contributed by atoms with E-state index in [1.165, 1.54) is 32.1 Å². The Morgan fingerprint density at radius 1 is 1.11 bits per heavy atom. The number of nitrogens with zero attached hydrogens (tertiary/aromatic N) is 1. The second-order valence-corrected chi connectivity index (χ2v) is 9.23. The van der Waals surface area contributed by atoms with Crippen molar-refractivity contribution < 1.29 is 0 Å². The molecule has 0 fully saturated rings. The standard InChI is InChI=1S/C27H47N/c1-8-11-16-23(6)28-20-19-22(5)24(7)26(9-2)27(10-3)25-17-12-14-21(4)15-13-18-25/h12,14-15,18,20-27H,8-11,16-17,19H2,1-7H3. The topological polar surface area (TPSA) is 12.4 Å². The van der Waals surface area contributed by atoms with Gasteiger partial charge in [0.15, 0.2) is 0 Å². The van der Waals surface area contributed by atoms with Gasteiger partial charge in [-0.1, -0.05) is 79.4 Å². The highest BCUT2D eigenvalue weighted by Crippen LogP contribution is 2.39. The molecule has 7 atom stereocenters. The zero-order valence-corrected chi connectivity index (χ0v) is 19.8. The van der Waals surface area contributed by atoms with Crippen LogP contribution in [0.3, 0.4) is 0 Å². The van der Waals surface area contributed by atoms with E-state index < -0.39 is 0 Å². The van der Waals surface area contributed by atoms with Crippen LogP contribution in [0.5, 0.6) is 0 Å². The minimum atomic E-state index is 0.480. The van der Waals surface area contributed by atoms with E-state index in [2.05, 4.69) is 84.7 Å². The molecule has 0 aromatic carbocycles. The molecule has 0 aromatic heterocycles. The first-order chi connectivity index (χ1) is 13.4. The molecular formula is C27H47N. The van der Waals surface area contributed by atoms with Crippen LogP contribution in [0.2, 0.25) is 0 Å². The summed E-state index contributed by atoms with van der Waals surface area (Å²) in [6.07, 6.45) is 20.1. The molecule has 1 nitrogen and oxygen atoms in total. The molecule has 160 valence electrons. The van der Waals surface area contributed by atoms with Crippen molar-refractivity contribution in [1.29, 1.82) is 0 Å². The molecule has 1 aliphatic rings. The van der Waals surface area contributed by atoms with Crippen LogP contribution in [0.1, 0.15) is 93.4 Å². The van der Waals surface area contributed by atoms with Crippen LogP contribution in [0, 0.1) is 35.5 Å². The van der Waals surface area contributed by atoms with Gasteiger partial charge in [0, 0.05) is 6.04 Å². The Morgan fingerprint density at radius 3 is 2.50 bits per heavy atom. The third kappa shape index (κ3) is 8.52. The van der Waals surface area contributed by atoms with Gasteiger partial charge >= 0.3 is 0 Å². The Balaban J connectivity index is 2.75. The highest BCUT2D eigenvalue weighted by molar-refractivity contribution is 5.57. The maximum Gasteiger partial charge on any atom is 0.0467 e. The van der Waals surface area contributed by atoms with Crippen molar-refractivity contribution >= 4 is 6.21 Å². The van der Waals surface area contributed by atoms with Crippen LogP contribution in [0.4, 0.5) is 0 Å². The summed E-state index contributed by atoms with van der Waals surface area (Å²) in [4.78, 5) is 4.80. The van der Waals surface area contributed by atoms with E-state index in [-0.39, 0.29) is 0 Å². The molecule has 0 radical (unpaired) electrons. The van der Waals surface area contributed by atoms with Gasteiger partial charge < -0.3 is 0 Å². The quantitative estimate of drug-likeness (QED) is 0.182. The fourth-order valence-electron chi connectivity index (χ4n) is 4.81. The third-order valence-corrected chi connectivity index (χ3v) is 6.95. The minimum absolute atomic E-state index is 0.480. The summed E-state index contributed by atoms with van der Waals surface area (Å²) in [6, 6.07) is 0.480. The normalized spacial score (nSPS) is 25.2. The third-order valence-electron chi connectivity index (χ3n) is 6.95. The molecule has 1 rings (SSSR count). The monoisotopic (exact) mass is 385 g/mol. The Morgan fingerprint density at radius 2 is 1.86 bits per heavy atom. The Kier molecular flexibility index (Phi) is 12.5. The van der Waals surface area contributed by atoms with E-state index >= 15 is 0 Å². The lowest BCUT2D eigenvalue weighted by Gasteiger charge is -2.37. The van der Waals surface area contributed by atoms with Gasteiger partial charge in [-0.05, 0) is 80.1 Å². The van der Waals surface area contributed by atoms with Gasteiger partial charge in [0.25, 0.3) is 0 Å². The number of unbranched alkanes of at least 4 members (excludes halogenated alkanes) is 1. The molecular weight excluding hydrogens is 338 g/mol. The van der Waals surface area contributed by atoms with E-state index in [1.54, 1.807) is 0 Å². The Bertz CT molecular complexity index is 522. The van der Waals surface area contributed by atoms with Gasteiger partial charge in [-0.25, -0.2) is 0 Å². The van der Waals surface area contributed by atoms with Crippen molar-refractivity contribution in [3.8, 4) is 0 Å². The molecule has 7 unspecified atom stereocenters. The van der Waals surface area contributed by atoms with Crippen molar-refractivity contribution in [3.05, 3.63) is 30.0 Å². The second kappa shape index (κ2) is 14.0. The van der Waals surface area contributed by atoms with E-state index in [1.807, 2.05) is 0 Å². The maximum absolute atomic E-state index is 4.80. The van der Waals surface area contributed by atoms with Gasteiger partial charge in [0.05, 0.1) is 0 Å². The minimum Gasteiger partial charge on any atom is -0.294 e. The lowest BCUT2D eigenvalue weighted by molar-refractivity contribution is 0.144. The summed E-state index contributed by atoms with van der Waals surface area (Å²) >= 11 is 0. The highest BCUT2D eigenvalue weighted by Gasteiger charge is 2.31. The average molecular weight is 386 g/mol. The molecule has 0 bridgehead atoms. The smallest absolute Gasteiger partial charge is 0.0467 e. The molecule has 0 heterocycles. The number of aliphatic imine (C=N–C) groups is 1. The van der Waals surface area contributed by atoms with E-state index in [0.717, 1.165) is 30.6 Å². The lowest BCUT2D eigenvalue weighted by atomic mass is 9.68. The fraction of sp³-hybridized carbons (Fsp3) is 0.778. The number of hydrogen-bond donors (Lipinski definition) is 0. The summed E-state index contributed by atoms with van der Waals surface area (Å²) in [5, 5.41) is 0. The Hall–Kier alpha value is -1.07. The van der Waals surface area contributed by atoms with Crippen molar-refractivity contribution in [2.75, 3.05) is 0 Å². The summed E-state index contributed by atoms with van der Waals surface area (Å²) in [5.74, 6) is 4.04. The van der Waals surface area contributed by atoms with Crippen molar-refractivity contribution in [3.63, 3.8) is 0 Å². The second-order valence-electron chi connectivity index (χ2n) is 9.23. The summed E-state index contributed by atoms with van der Waals surface area (Å²) in [6.45, 7) is 16.4. The van der Waals surface area contributed by atoms with Crippen molar-refractivity contribution in [1.82, 2.24) is 0 Å². The lowest BCUT2D eigenvalue weighted by Crippen LogP contribution is -2.30. The molecule has 0 aliphatic heterocycles. The van der Waals surface area contributed by atoms with Crippen LogP contribution in [0.25, 0.3) is 0 Å². The molecule has 0 spiro atoms. The van der Waals surface area contributed by atoms with Gasteiger partial charge in [-0.3, -0.25) is 4.99 Å². The molecule has 0 saturated heterocycles. The van der Waals surface area contributed by atoms with E-state index in [0.29, 0.717) is 23.8 Å². The van der Waals surface area contributed by atoms with E-state index in [9.17, 15) is 0 Å². The van der Waals surface area contributed by atoms with Crippen LogP contribution in [-0.4, -0.2) is 12.3 Å². The summed E-state index contributed by atoms with van der Waals surface area (Å²) < 4.78 is 0. The van der Waals surface area contributed by atoms with Gasteiger partial charge in [-0.15, -0.1) is 5.73 Å². The molecule has 1 aliphatic carbocycles. The van der Waals surface area contributed by atoms with Gasteiger partial charge in [-0.2, -0.15) is 0 Å². The predicted molar refractivity (Wildman–Crippen MR) is 127 cm³/mol. The number of hydrogen-bond acceptors (Lipinski definition) is 1. The van der Waals surface area contributed by atoms with E-state index in [4.69, 9.17) is 4.99 Å². The zero-order valence-electron chi connectivity index (χ0n) is 19.8. The first-order valence-electron chi connectivity index (χ1n) is 12.0. The molecule has 0 saturated carbocycles. The molecule has 0 amide bonds. The summed E-state index contributed by atoms with van der Waals surface area (Å²) in [5.41, 5.74) is 3.49. The van der Waals surface area contributed by atoms with Crippen LogP contribution in [0.15, 0.2) is 35.0 Å². The predicted octanol–water partition coefficient (Wildman–Crippen LogP) is 8.27. The van der Waals surface area contributed by atoms with Crippen LogP contribution in [-0.2, 0) is 0 Å². The van der Waals surface area contributed by atoms with Crippen LogP contribution < -0.4 is 0 Å². The number of rotatable bonds is 12. The summed E-state index contributed by atoms with van der Waals surface area (Å²) in [7, 11) is 0. The molecule has 0 N–H and O–H groups in total. The number of allylic oxidation sites excluding steroid dienone is 3. The largest absolute Gasteiger partial charge is 0.294 e. The van der Waals surface area contributed by atoms with Gasteiger partial charge in [0.1, 0.15) is 0 Å². The van der Waals surface area contributed by atoms with Crippen molar-refractivity contribution in [2.45, 2.75) is 99.5 Å². The fourth-order valence-corrected chi connectivity index (χ4v) is 4.81. The van der Waals surface area contributed by atoms with Crippen molar-refractivity contribution in [2.24, 2.45) is 40.5 Å². The first kappa shape index (κ1) is 25.0. The molecule has 28 heavy (non-hydrogen) atoms. The first-order valence-corrected chi connectivity index (χ1v) is 12.0. The maximum atomic E-state index is 4.80. The zero-order chi connectivity index (χ0) is 20.9. The van der Waals surface area contributed by atoms with Gasteiger partial charge in [0.2, 0.25) is 0 Å². The van der Waals surface area contributed by atoms with Crippen LogP contribution >= 0.6 is 0 Å². The Labute approximate surface area is 176 Å². The highest BCUT2D eigenvalue weighted by atomic mass is 14.7.